The lowest BCUT2D eigenvalue weighted by Gasteiger charge is -2.34. The minimum absolute atomic E-state index is 0.0256. The molecule has 1 aliphatic heterocycles. The number of hydrogen-bond acceptors (Lipinski definition) is 3. The molecule has 6 nitrogen and oxygen atoms in total. The van der Waals surface area contributed by atoms with E-state index in [0.29, 0.717) is 37.5 Å². The number of rotatable bonds is 4. The second-order valence-corrected chi connectivity index (χ2v) is 8.99. The molecule has 1 N–H and O–H groups in total. The van der Waals surface area contributed by atoms with Crippen LogP contribution in [-0.4, -0.2) is 54.7 Å². The number of amides is 1. The van der Waals surface area contributed by atoms with Crippen molar-refractivity contribution < 1.29 is 13.2 Å². The molecule has 3 aromatic rings. The Morgan fingerprint density at radius 3 is 2.43 bits per heavy atom. The summed E-state index contributed by atoms with van der Waals surface area (Å²) in [7, 11) is -3.53. The molecular formula is C21H23N3O3S. The zero-order valence-electron chi connectivity index (χ0n) is 15.8. The van der Waals surface area contributed by atoms with Crippen LogP contribution in [0.4, 0.5) is 0 Å². The number of benzene rings is 2. The van der Waals surface area contributed by atoms with Crippen molar-refractivity contribution >= 4 is 26.8 Å². The molecule has 0 saturated carbocycles. The Morgan fingerprint density at radius 2 is 1.68 bits per heavy atom. The van der Waals surface area contributed by atoms with Gasteiger partial charge in [0.1, 0.15) is 0 Å². The molecule has 1 aromatic heterocycles. The van der Waals surface area contributed by atoms with Gasteiger partial charge in [0.25, 0.3) is 0 Å². The summed E-state index contributed by atoms with van der Waals surface area (Å²) in [6.07, 6.45) is 2.19. The SMILES string of the molecule is Cc1ccccc1S(=O)(=O)N1CCN(C(=O)Cc2c[nH]c3ccccc23)CC1. The molecule has 2 heterocycles. The molecular weight excluding hydrogens is 374 g/mol. The quantitative estimate of drug-likeness (QED) is 0.735. The third kappa shape index (κ3) is 3.43. The van der Waals surface area contributed by atoms with Gasteiger partial charge in [0, 0.05) is 43.3 Å². The fourth-order valence-electron chi connectivity index (χ4n) is 3.72. The molecule has 7 heteroatoms. The summed E-state index contributed by atoms with van der Waals surface area (Å²) in [6.45, 7) is 3.25. The minimum atomic E-state index is -3.53. The van der Waals surface area contributed by atoms with Crippen LogP contribution in [0.25, 0.3) is 10.9 Å². The molecule has 0 unspecified atom stereocenters. The number of fused-ring (bicyclic) bond motifs is 1. The predicted molar refractivity (Wildman–Crippen MR) is 109 cm³/mol. The molecule has 28 heavy (non-hydrogen) atoms. The summed E-state index contributed by atoms with van der Waals surface area (Å²) in [5.74, 6) is 0.0256. The number of aromatic nitrogens is 1. The summed E-state index contributed by atoms with van der Waals surface area (Å²) in [4.78, 5) is 18.0. The highest BCUT2D eigenvalue weighted by Gasteiger charge is 2.31. The van der Waals surface area contributed by atoms with Crippen LogP contribution in [0.5, 0.6) is 0 Å². The first kappa shape index (κ1) is 18.7. The van der Waals surface area contributed by atoms with Gasteiger partial charge in [0.2, 0.25) is 15.9 Å². The number of carbonyl (C=O) groups excluding carboxylic acids is 1. The maximum Gasteiger partial charge on any atom is 0.243 e. The lowest BCUT2D eigenvalue weighted by Crippen LogP contribution is -2.50. The lowest BCUT2D eigenvalue weighted by molar-refractivity contribution is -0.131. The highest BCUT2D eigenvalue weighted by molar-refractivity contribution is 7.89. The average molecular weight is 398 g/mol. The molecule has 1 saturated heterocycles. The van der Waals surface area contributed by atoms with Gasteiger partial charge in [-0.25, -0.2) is 8.42 Å². The number of nitrogens with zero attached hydrogens (tertiary/aromatic N) is 2. The number of H-pyrrole nitrogens is 1. The number of hydrogen-bond donors (Lipinski definition) is 1. The van der Waals surface area contributed by atoms with Crippen LogP contribution < -0.4 is 0 Å². The Hall–Kier alpha value is -2.64. The second kappa shape index (κ2) is 7.41. The van der Waals surface area contributed by atoms with Gasteiger partial charge in [0.05, 0.1) is 11.3 Å². The summed E-state index contributed by atoms with van der Waals surface area (Å²) in [5.41, 5.74) is 2.72. The van der Waals surface area contributed by atoms with E-state index < -0.39 is 10.0 Å². The second-order valence-electron chi connectivity index (χ2n) is 7.09. The molecule has 0 atom stereocenters. The van der Waals surface area contributed by atoms with Gasteiger partial charge >= 0.3 is 0 Å². The zero-order chi connectivity index (χ0) is 19.7. The Kier molecular flexibility index (Phi) is 4.95. The van der Waals surface area contributed by atoms with Crippen LogP contribution in [0.1, 0.15) is 11.1 Å². The highest BCUT2D eigenvalue weighted by Crippen LogP contribution is 2.22. The van der Waals surface area contributed by atoms with Crippen molar-refractivity contribution in [1.82, 2.24) is 14.2 Å². The van der Waals surface area contributed by atoms with Crippen LogP contribution in [0.2, 0.25) is 0 Å². The fourth-order valence-corrected chi connectivity index (χ4v) is 5.36. The van der Waals surface area contributed by atoms with Gasteiger partial charge in [-0.2, -0.15) is 4.31 Å². The number of carbonyl (C=O) groups is 1. The van der Waals surface area contributed by atoms with Crippen LogP contribution in [-0.2, 0) is 21.2 Å². The topological polar surface area (TPSA) is 73.5 Å². The summed E-state index contributed by atoms with van der Waals surface area (Å²) >= 11 is 0. The zero-order valence-corrected chi connectivity index (χ0v) is 16.6. The van der Waals surface area contributed by atoms with Gasteiger partial charge in [-0.05, 0) is 30.2 Å². The van der Waals surface area contributed by atoms with Crippen molar-refractivity contribution in [3.8, 4) is 0 Å². The molecule has 0 spiro atoms. The molecule has 0 radical (unpaired) electrons. The number of para-hydroxylation sites is 1. The van der Waals surface area contributed by atoms with Crippen molar-refractivity contribution in [2.45, 2.75) is 18.2 Å². The lowest BCUT2D eigenvalue weighted by atomic mass is 10.1. The number of nitrogens with one attached hydrogen (secondary N) is 1. The number of aryl methyl sites for hydroxylation is 1. The van der Waals surface area contributed by atoms with Gasteiger partial charge in [-0.15, -0.1) is 0 Å². The fraction of sp³-hybridized carbons (Fsp3) is 0.286. The Morgan fingerprint density at radius 1 is 1.00 bits per heavy atom. The van der Waals surface area contributed by atoms with Gasteiger partial charge in [-0.3, -0.25) is 4.79 Å². The van der Waals surface area contributed by atoms with E-state index in [1.807, 2.05) is 36.5 Å². The molecule has 1 amide bonds. The monoisotopic (exact) mass is 397 g/mol. The van der Waals surface area contributed by atoms with E-state index >= 15 is 0 Å². The Balaban J connectivity index is 1.42. The smallest absolute Gasteiger partial charge is 0.243 e. The maximum atomic E-state index is 12.9. The first-order chi connectivity index (χ1) is 13.5. The first-order valence-corrected chi connectivity index (χ1v) is 10.8. The molecule has 1 fully saturated rings. The normalized spacial score (nSPS) is 15.8. The summed E-state index contributed by atoms with van der Waals surface area (Å²) in [6, 6.07) is 14.9. The third-order valence-electron chi connectivity index (χ3n) is 5.32. The standard InChI is InChI=1S/C21H23N3O3S/c1-16-6-2-5-9-20(16)28(26,27)24-12-10-23(11-13-24)21(25)14-17-15-22-19-8-4-3-7-18(17)19/h2-9,15,22H,10-14H2,1H3. The molecule has 0 bridgehead atoms. The number of sulfonamides is 1. The minimum Gasteiger partial charge on any atom is -0.361 e. The van der Waals surface area contributed by atoms with Crippen LogP contribution in [0.15, 0.2) is 59.6 Å². The molecule has 146 valence electrons. The van der Waals surface area contributed by atoms with Gasteiger partial charge in [-0.1, -0.05) is 36.4 Å². The van der Waals surface area contributed by atoms with E-state index in [-0.39, 0.29) is 5.91 Å². The predicted octanol–water partition coefficient (Wildman–Crippen LogP) is 2.55. The van der Waals surface area contributed by atoms with E-state index in [2.05, 4.69) is 4.98 Å². The van der Waals surface area contributed by atoms with Crippen molar-refractivity contribution in [2.75, 3.05) is 26.2 Å². The Bertz CT molecular complexity index is 1110. The highest BCUT2D eigenvalue weighted by atomic mass is 32.2. The van der Waals surface area contributed by atoms with E-state index in [9.17, 15) is 13.2 Å². The molecule has 0 aliphatic carbocycles. The molecule has 2 aromatic carbocycles. The van der Waals surface area contributed by atoms with E-state index in [4.69, 9.17) is 0 Å². The third-order valence-corrected chi connectivity index (χ3v) is 7.38. The first-order valence-electron chi connectivity index (χ1n) is 9.35. The molecule has 4 rings (SSSR count). The van der Waals surface area contributed by atoms with E-state index in [0.717, 1.165) is 22.0 Å². The summed E-state index contributed by atoms with van der Waals surface area (Å²) < 4.78 is 27.3. The Labute approximate surface area is 164 Å². The van der Waals surface area contributed by atoms with Crippen LogP contribution in [0.3, 0.4) is 0 Å². The molecule has 1 aliphatic rings. The average Bonchev–Trinajstić information content (AvgIpc) is 3.11. The van der Waals surface area contributed by atoms with Crippen molar-refractivity contribution in [3.63, 3.8) is 0 Å². The summed E-state index contributed by atoms with van der Waals surface area (Å²) in [5, 5.41) is 1.05. The van der Waals surface area contributed by atoms with Crippen LogP contribution >= 0.6 is 0 Å². The largest absolute Gasteiger partial charge is 0.361 e. The number of aromatic amines is 1. The van der Waals surface area contributed by atoms with Gasteiger partial charge in [0.15, 0.2) is 0 Å². The van der Waals surface area contributed by atoms with Crippen LogP contribution in [0, 0.1) is 6.92 Å². The van der Waals surface area contributed by atoms with E-state index in [1.54, 1.807) is 30.0 Å². The maximum absolute atomic E-state index is 12.9. The van der Waals surface area contributed by atoms with E-state index in [1.165, 1.54) is 4.31 Å². The van der Waals surface area contributed by atoms with Crippen molar-refractivity contribution in [1.29, 1.82) is 0 Å². The van der Waals surface area contributed by atoms with Crippen molar-refractivity contribution in [2.24, 2.45) is 0 Å². The van der Waals surface area contributed by atoms with Crippen molar-refractivity contribution in [3.05, 3.63) is 65.9 Å². The van der Waals surface area contributed by atoms with Gasteiger partial charge < -0.3 is 9.88 Å². The number of piperazine rings is 1.